The molecule has 1 saturated carbocycles. The lowest BCUT2D eigenvalue weighted by Gasteiger charge is -2.24. The van der Waals surface area contributed by atoms with Gasteiger partial charge in [-0.3, -0.25) is 0 Å². The molecule has 25 heavy (non-hydrogen) atoms. The Morgan fingerprint density at radius 2 is 1.40 bits per heavy atom. The Kier molecular flexibility index (Phi) is 3.96. The number of hydrogen-bond acceptors (Lipinski definition) is 4. The summed E-state index contributed by atoms with van der Waals surface area (Å²) in [6.45, 7) is 0. The van der Waals surface area contributed by atoms with E-state index in [0.29, 0.717) is 11.1 Å². The molecule has 4 nitrogen and oxygen atoms in total. The average Bonchev–Trinajstić information content (AvgIpc) is 2.98. The summed E-state index contributed by atoms with van der Waals surface area (Å²) >= 11 is 0. The Hall–Kier alpha value is -2.26. The molecule has 136 valence electrons. The Morgan fingerprint density at radius 1 is 0.880 bits per heavy atom. The lowest BCUT2D eigenvalue weighted by Crippen LogP contribution is -2.35. The molecule has 0 amide bonds. The van der Waals surface area contributed by atoms with Gasteiger partial charge in [0.05, 0.1) is 5.92 Å². The first-order valence-electron chi connectivity index (χ1n) is 7.14. The van der Waals surface area contributed by atoms with Gasteiger partial charge in [0, 0.05) is 5.92 Å². The van der Waals surface area contributed by atoms with Crippen LogP contribution in [-0.2, 0) is 19.1 Å². The van der Waals surface area contributed by atoms with Gasteiger partial charge in [0.25, 0.3) is 0 Å². The number of alkyl halides is 6. The number of rotatable bonds is 2. The van der Waals surface area contributed by atoms with Crippen LogP contribution in [0.4, 0.5) is 26.3 Å². The van der Waals surface area contributed by atoms with Crippen molar-refractivity contribution in [3.05, 3.63) is 35.4 Å². The molecule has 2 bridgehead atoms. The second-order valence-electron chi connectivity index (χ2n) is 5.81. The molecule has 0 aromatic heterocycles. The zero-order chi connectivity index (χ0) is 18.6. The summed E-state index contributed by atoms with van der Waals surface area (Å²) in [7, 11) is 0. The van der Waals surface area contributed by atoms with Gasteiger partial charge < -0.3 is 9.47 Å². The van der Waals surface area contributed by atoms with Crippen LogP contribution >= 0.6 is 0 Å². The molecule has 1 fully saturated rings. The van der Waals surface area contributed by atoms with Crippen LogP contribution in [0.5, 0.6) is 0 Å². The monoisotopic (exact) mass is 368 g/mol. The largest absolute Gasteiger partial charge is 0.490 e. The van der Waals surface area contributed by atoms with E-state index in [-0.39, 0.29) is 6.42 Å². The third-order valence-electron chi connectivity index (χ3n) is 4.36. The van der Waals surface area contributed by atoms with Crippen molar-refractivity contribution in [2.45, 2.75) is 42.8 Å². The summed E-state index contributed by atoms with van der Waals surface area (Å²) in [6.07, 6.45) is -13.3. The van der Waals surface area contributed by atoms with Crippen LogP contribution in [0, 0.1) is 0 Å². The van der Waals surface area contributed by atoms with Gasteiger partial charge in [-0.05, 0) is 17.5 Å². The number of hydrogen-bond donors (Lipinski definition) is 0. The molecule has 1 aromatic rings. The summed E-state index contributed by atoms with van der Waals surface area (Å²) in [5.74, 6) is -6.69. The van der Waals surface area contributed by atoms with E-state index in [1.54, 1.807) is 18.2 Å². The fourth-order valence-corrected chi connectivity index (χ4v) is 3.50. The normalized spacial score (nSPS) is 27.8. The van der Waals surface area contributed by atoms with Crippen molar-refractivity contribution in [2.75, 3.05) is 0 Å². The Balaban J connectivity index is 1.87. The van der Waals surface area contributed by atoms with Crippen molar-refractivity contribution in [3.63, 3.8) is 0 Å². The lowest BCUT2D eigenvalue weighted by molar-refractivity contribution is -0.209. The minimum atomic E-state index is -5.23. The van der Waals surface area contributed by atoms with E-state index >= 15 is 0 Å². The number of esters is 2. The van der Waals surface area contributed by atoms with E-state index in [9.17, 15) is 35.9 Å². The Morgan fingerprint density at radius 3 is 1.96 bits per heavy atom. The molecule has 3 rings (SSSR count). The van der Waals surface area contributed by atoms with E-state index < -0.39 is 48.3 Å². The standard InChI is InChI=1S/C15H10F6O4/c16-14(17,18)12(22)24-9-5-8-6-3-1-2-4-7(6)10(9)11(8)25-13(23)15(19,20)21/h1-4,8-11H,5H2/t8?,9-,10?,11+/m0/s1. The molecule has 0 heterocycles. The Labute approximate surface area is 136 Å². The number of fused-ring (bicyclic) bond motifs is 5. The third-order valence-corrected chi connectivity index (χ3v) is 4.36. The summed E-state index contributed by atoms with van der Waals surface area (Å²) in [5.41, 5.74) is 0.991. The van der Waals surface area contributed by atoms with Gasteiger partial charge in [0.1, 0.15) is 12.2 Å². The molecular formula is C15H10F6O4. The lowest BCUT2D eigenvalue weighted by atomic mass is 9.90. The van der Waals surface area contributed by atoms with Crippen LogP contribution in [0.1, 0.15) is 29.4 Å². The van der Waals surface area contributed by atoms with E-state index in [1.807, 2.05) is 0 Å². The predicted molar refractivity (Wildman–Crippen MR) is 68.4 cm³/mol. The highest BCUT2D eigenvalue weighted by Crippen LogP contribution is 2.56. The van der Waals surface area contributed by atoms with E-state index in [0.717, 1.165) is 0 Å². The van der Waals surface area contributed by atoms with Crippen LogP contribution in [0.25, 0.3) is 0 Å². The summed E-state index contributed by atoms with van der Waals surface area (Å²) < 4.78 is 83.5. The smallest absolute Gasteiger partial charge is 0.455 e. The number of halogens is 6. The first-order valence-corrected chi connectivity index (χ1v) is 7.14. The predicted octanol–water partition coefficient (Wildman–Crippen LogP) is 3.22. The van der Waals surface area contributed by atoms with Crippen molar-refractivity contribution in [1.82, 2.24) is 0 Å². The SMILES string of the molecule is O=C(O[C@@H]1C2C[C@H](OC(=O)C(F)(F)F)C1c1ccccc12)C(F)(F)F. The maximum Gasteiger partial charge on any atom is 0.490 e. The van der Waals surface area contributed by atoms with Gasteiger partial charge in [-0.2, -0.15) is 26.3 Å². The molecule has 2 aliphatic rings. The quantitative estimate of drug-likeness (QED) is 0.594. The highest BCUT2D eigenvalue weighted by Gasteiger charge is 2.58. The van der Waals surface area contributed by atoms with Crippen molar-refractivity contribution in [1.29, 1.82) is 0 Å². The summed E-state index contributed by atoms with van der Waals surface area (Å²) in [6, 6.07) is 6.25. The number of carbonyl (C=O) groups is 2. The topological polar surface area (TPSA) is 52.6 Å². The van der Waals surface area contributed by atoms with Gasteiger partial charge >= 0.3 is 24.3 Å². The average molecular weight is 368 g/mol. The second-order valence-corrected chi connectivity index (χ2v) is 5.81. The molecule has 0 N–H and O–H groups in total. The van der Waals surface area contributed by atoms with Gasteiger partial charge in [0.15, 0.2) is 0 Å². The minimum Gasteiger partial charge on any atom is -0.455 e. The Bertz CT molecular complexity index is 711. The van der Waals surface area contributed by atoms with Gasteiger partial charge in [-0.15, -0.1) is 0 Å². The molecule has 4 atom stereocenters. The number of carbonyl (C=O) groups excluding carboxylic acids is 2. The summed E-state index contributed by atoms with van der Waals surface area (Å²) in [4.78, 5) is 22.2. The number of benzene rings is 1. The van der Waals surface area contributed by atoms with E-state index in [4.69, 9.17) is 0 Å². The van der Waals surface area contributed by atoms with Crippen LogP contribution < -0.4 is 0 Å². The molecule has 2 unspecified atom stereocenters. The van der Waals surface area contributed by atoms with Crippen LogP contribution in [0.2, 0.25) is 0 Å². The van der Waals surface area contributed by atoms with Crippen molar-refractivity contribution in [3.8, 4) is 0 Å². The first-order chi connectivity index (χ1) is 11.5. The zero-order valence-electron chi connectivity index (χ0n) is 12.2. The molecule has 1 aromatic carbocycles. The van der Waals surface area contributed by atoms with Crippen LogP contribution in [0.3, 0.4) is 0 Å². The van der Waals surface area contributed by atoms with E-state index in [2.05, 4.69) is 9.47 Å². The maximum absolute atomic E-state index is 12.5. The van der Waals surface area contributed by atoms with Gasteiger partial charge in [0.2, 0.25) is 0 Å². The number of ether oxygens (including phenoxy) is 2. The second kappa shape index (κ2) is 5.63. The maximum atomic E-state index is 12.5. The molecule has 2 aliphatic carbocycles. The van der Waals surface area contributed by atoms with Crippen molar-refractivity contribution in [2.24, 2.45) is 0 Å². The fraction of sp³-hybridized carbons (Fsp3) is 0.467. The van der Waals surface area contributed by atoms with E-state index in [1.165, 1.54) is 6.07 Å². The van der Waals surface area contributed by atoms with Gasteiger partial charge in [-0.25, -0.2) is 9.59 Å². The van der Waals surface area contributed by atoms with Crippen LogP contribution in [0.15, 0.2) is 24.3 Å². The molecule has 0 spiro atoms. The van der Waals surface area contributed by atoms with Crippen molar-refractivity contribution < 1.29 is 45.4 Å². The fourth-order valence-electron chi connectivity index (χ4n) is 3.50. The first kappa shape index (κ1) is 17.6. The third kappa shape index (κ3) is 3.05. The molecular weight excluding hydrogens is 358 g/mol. The zero-order valence-corrected chi connectivity index (χ0v) is 12.2. The molecule has 10 heteroatoms. The molecule has 0 radical (unpaired) electrons. The van der Waals surface area contributed by atoms with Crippen molar-refractivity contribution >= 4 is 11.9 Å². The molecule has 0 aliphatic heterocycles. The minimum absolute atomic E-state index is 0.153. The summed E-state index contributed by atoms with van der Waals surface area (Å²) in [5, 5.41) is 0. The highest BCUT2D eigenvalue weighted by atomic mass is 19.4. The molecule has 0 saturated heterocycles. The van der Waals surface area contributed by atoms with Gasteiger partial charge in [-0.1, -0.05) is 24.3 Å². The highest BCUT2D eigenvalue weighted by molar-refractivity contribution is 5.77. The van der Waals surface area contributed by atoms with Crippen LogP contribution in [-0.4, -0.2) is 36.5 Å².